The maximum absolute atomic E-state index is 11.5. The highest BCUT2D eigenvalue weighted by Gasteiger charge is 2.33. The third-order valence-corrected chi connectivity index (χ3v) is 3.76. The van der Waals surface area contributed by atoms with Gasteiger partial charge in [0.2, 0.25) is 0 Å². The van der Waals surface area contributed by atoms with Gasteiger partial charge < -0.3 is 9.47 Å². The van der Waals surface area contributed by atoms with Crippen LogP contribution in [0.15, 0.2) is 0 Å². The lowest BCUT2D eigenvalue weighted by atomic mass is 10.3. The molecule has 88 valence electrons. The second kappa shape index (κ2) is 3.97. The van der Waals surface area contributed by atoms with Crippen molar-refractivity contribution in [2.24, 2.45) is 0 Å². The normalized spacial score (nSPS) is 22.3. The summed E-state index contributed by atoms with van der Waals surface area (Å²) in [6, 6.07) is 0. The molecule has 0 N–H and O–H groups in total. The zero-order valence-corrected chi connectivity index (χ0v) is 9.67. The van der Waals surface area contributed by atoms with Crippen LogP contribution in [-0.2, 0) is 23.8 Å². The molecule has 6 nitrogen and oxygen atoms in total. The molecule has 0 spiro atoms. The van der Waals surface area contributed by atoms with Gasteiger partial charge in [0.25, 0.3) is 10.1 Å². The molecule has 0 amide bonds. The predicted molar refractivity (Wildman–Crippen MR) is 50.8 cm³/mol. The van der Waals surface area contributed by atoms with E-state index in [4.69, 9.17) is 4.18 Å². The molecule has 7 heteroatoms. The Bertz CT molecular complexity index is 339. The smallest absolute Gasteiger partial charge is 0.430 e. The molecule has 0 aromatic carbocycles. The third-order valence-electron chi connectivity index (χ3n) is 1.81. The maximum Gasteiger partial charge on any atom is 0.508 e. The van der Waals surface area contributed by atoms with E-state index in [0.29, 0.717) is 0 Å². The highest BCUT2D eigenvalue weighted by Crippen LogP contribution is 2.18. The van der Waals surface area contributed by atoms with Crippen molar-refractivity contribution in [1.29, 1.82) is 0 Å². The van der Waals surface area contributed by atoms with Crippen molar-refractivity contribution in [2.75, 3.05) is 13.2 Å². The van der Waals surface area contributed by atoms with Crippen molar-refractivity contribution in [3.05, 3.63) is 0 Å². The van der Waals surface area contributed by atoms with E-state index in [9.17, 15) is 13.2 Å². The van der Waals surface area contributed by atoms with Gasteiger partial charge >= 0.3 is 6.16 Å². The lowest BCUT2D eigenvalue weighted by Gasteiger charge is -2.19. The second-order valence-corrected chi connectivity index (χ2v) is 6.52. The summed E-state index contributed by atoms with van der Waals surface area (Å²) in [4.78, 5) is 10.5. The van der Waals surface area contributed by atoms with Crippen LogP contribution < -0.4 is 0 Å². The van der Waals surface area contributed by atoms with Gasteiger partial charge in [-0.2, -0.15) is 8.42 Å². The second-order valence-electron chi connectivity index (χ2n) is 4.15. The highest BCUT2D eigenvalue weighted by molar-refractivity contribution is 7.88. The van der Waals surface area contributed by atoms with Gasteiger partial charge in [-0.1, -0.05) is 0 Å². The first-order valence-corrected chi connectivity index (χ1v) is 5.85. The summed E-state index contributed by atoms with van der Waals surface area (Å²) in [7, 11) is -3.65. The van der Waals surface area contributed by atoms with Gasteiger partial charge in [-0.05, 0) is 20.8 Å². The highest BCUT2D eigenvalue weighted by atomic mass is 32.2. The Hall–Kier alpha value is -0.820. The summed E-state index contributed by atoms with van der Waals surface area (Å²) in [5.74, 6) is 0. The molecule has 15 heavy (non-hydrogen) atoms. The number of carbonyl (C=O) groups is 1. The largest absolute Gasteiger partial charge is 0.508 e. The van der Waals surface area contributed by atoms with Crippen molar-refractivity contribution in [3.8, 4) is 0 Å². The molecule has 0 aromatic heterocycles. The molecule has 1 rings (SSSR count). The summed E-state index contributed by atoms with van der Waals surface area (Å²) in [6.07, 6.45) is -1.44. The standard InChI is InChI=1S/C8H14O6S/c1-8(2,3)15(10,11)13-5-6-4-12-7(9)14-6/h6H,4-5H2,1-3H3. The molecule has 0 radical (unpaired) electrons. The van der Waals surface area contributed by atoms with Crippen LogP contribution in [0.5, 0.6) is 0 Å². The monoisotopic (exact) mass is 238 g/mol. The van der Waals surface area contributed by atoms with Gasteiger partial charge in [0, 0.05) is 0 Å². The van der Waals surface area contributed by atoms with Gasteiger partial charge in [-0.25, -0.2) is 4.79 Å². The average molecular weight is 238 g/mol. The molecular formula is C8H14O6S. The number of cyclic esters (lactones) is 2. The predicted octanol–water partition coefficient (Wildman–Crippen LogP) is 0.667. The van der Waals surface area contributed by atoms with Crippen LogP contribution in [-0.4, -0.2) is 38.6 Å². The average Bonchev–Trinajstić information content (AvgIpc) is 2.46. The number of rotatable bonds is 3. The molecule has 1 unspecified atom stereocenters. The van der Waals surface area contributed by atoms with Crippen LogP contribution in [0.3, 0.4) is 0 Å². The van der Waals surface area contributed by atoms with Crippen molar-refractivity contribution in [2.45, 2.75) is 31.6 Å². The first kappa shape index (κ1) is 12.3. The fourth-order valence-electron chi connectivity index (χ4n) is 0.789. The SMILES string of the molecule is CC(C)(C)S(=O)(=O)OCC1COC(=O)O1. The number of hydrogen-bond acceptors (Lipinski definition) is 6. The van der Waals surface area contributed by atoms with E-state index in [1.807, 2.05) is 0 Å². The molecule has 0 bridgehead atoms. The minimum absolute atomic E-state index is 0.0263. The van der Waals surface area contributed by atoms with E-state index in [1.54, 1.807) is 0 Å². The lowest BCUT2D eigenvalue weighted by molar-refractivity contribution is 0.0988. The van der Waals surface area contributed by atoms with Gasteiger partial charge in [-0.3, -0.25) is 4.18 Å². The van der Waals surface area contributed by atoms with Gasteiger partial charge in [0.05, 0.1) is 4.75 Å². The molecule has 1 heterocycles. The van der Waals surface area contributed by atoms with Crippen LogP contribution in [0.1, 0.15) is 20.8 Å². The Labute approximate surface area is 88.6 Å². The first-order chi connectivity index (χ1) is 6.72. The van der Waals surface area contributed by atoms with E-state index in [-0.39, 0.29) is 13.2 Å². The number of ether oxygens (including phenoxy) is 2. The van der Waals surface area contributed by atoms with E-state index < -0.39 is 27.1 Å². The molecular weight excluding hydrogens is 224 g/mol. The molecule has 0 aliphatic carbocycles. The summed E-state index contributed by atoms with van der Waals surface area (Å²) in [6.45, 7) is 4.41. The topological polar surface area (TPSA) is 78.9 Å². The Morgan fingerprint density at radius 3 is 2.47 bits per heavy atom. The lowest BCUT2D eigenvalue weighted by Crippen LogP contribution is -2.32. The molecule has 1 saturated heterocycles. The van der Waals surface area contributed by atoms with Crippen LogP contribution in [0.2, 0.25) is 0 Å². The van der Waals surface area contributed by atoms with E-state index in [1.165, 1.54) is 20.8 Å². The Morgan fingerprint density at radius 2 is 2.07 bits per heavy atom. The summed E-state index contributed by atoms with van der Waals surface area (Å²) in [5.41, 5.74) is 0. The van der Waals surface area contributed by atoms with Crippen LogP contribution in [0, 0.1) is 0 Å². The fraction of sp³-hybridized carbons (Fsp3) is 0.875. The third kappa shape index (κ3) is 3.07. The van der Waals surface area contributed by atoms with Crippen molar-refractivity contribution < 1.29 is 26.9 Å². The number of hydrogen-bond donors (Lipinski definition) is 0. The Balaban J connectivity index is 2.47. The molecule has 1 atom stereocenters. The quantitative estimate of drug-likeness (QED) is 0.531. The minimum atomic E-state index is -3.65. The maximum atomic E-state index is 11.5. The Kier molecular flexibility index (Phi) is 3.25. The molecule has 1 fully saturated rings. The zero-order chi connectivity index (χ0) is 11.7. The number of carbonyl (C=O) groups excluding carboxylic acids is 1. The van der Waals surface area contributed by atoms with Gasteiger partial charge in [0.15, 0.2) is 6.10 Å². The summed E-state index contributed by atoms with van der Waals surface area (Å²) >= 11 is 0. The fourth-order valence-corrected chi connectivity index (χ4v) is 1.47. The molecule has 0 aromatic rings. The van der Waals surface area contributed by atoms with Crippen molar-refractivity contribution >= 4 is 16.3 Å². The van der Waals surface area contributed by atoms with Crippen LogP contribution >= 0.6 is 0 Å². The van der Waals surface area contributed by atoms with Gasteiger partial charge in [0.1, 0.15) is 13.2 Å². The Morgan fingerprint density at radius 1 is 1.47 bits per heavy atom. The first-order valence-electron chi connectivity index (χ1n) is 4.45. The van der Waals surface area contributed by atoms with E-state index >= 15 is 0 Å². The van der Waals surface area contributed by atoms with Crippen molar-refractivity contribution in [1.82, 2.24) is 0 Å². The van der Waals surface area contributed by atoms with Gasteiger partial charge in [-0.15, -0.1) is 0 Å². The van der Waals surface area contributed by atoms with E-state index in [2.05, 4.69) is 9.47 Å². The molecule has 0 saturated carbocycles. The summed E-state index contributed by atoms with van der Waals surface area (Å²) < 4.78 is 35.8. The molecule has 1 aliphatic heterocycles. The zero-order valence-electron chi connectivity index (χ0n) is 8.85. The molecule has 1 aliphatic rings. The van der Waals surface area contributed by atoms with Crippen LogP contribution in [0.25, 0.3) is 0 Å². The van der Waals surface area contributed by atoms with Crippen LogP contribution in [0.4, 0.5) is 4.79 Å². The minimum Gasteiger partial charge on any atom is -0.430 e. The van der Waals surface area contributed by atoms with Crippen molar-refractivity contribution in [3.63, 3.8) is 0 Å². The summed E-state index contributed by atoms with van der Waals surface area (Å²) in [5, 5.41) is 0. The van der Waals surface area contributed by atoms with E-state index in [0.717, 1.165) is 0 Å².